The predicted molar refractivity (Wildman–Crippen MR) is 84.0 cm³/mol. The van der Waals surface area contributed by atoms with Crippen LogP contribution in [-0.2, 0) is 6.18 Å². The van der Waals surface area contributed by atoms with E-state index in [-0.39, 0.29) is 11.1 Å². The topological polar surface area (TPSA) is 20.3 Å². The Balaban J connectivity index is 1.86. The highest BCUT2D eigenvalue weighted by atomic mass is 32.2. The Kier molecular flexibility index (Phi) is 4.73. The number of carbonyl (C=O) groups excluding carboxylic acids is 1. The molecule has 3 rings (SSSR count). The third kappa shape index (κ3) is 3.63. The van der Waals surface area contributed by atoms with Crippen LogP contribution in [0.5, 0.6) is 0 Å². The first-order valence-electron chi connectivity index (χ1n) is 7.32. The summed E-state index contributed by atoms with van der Waals surface area (Å²) >= 11 is 1.32. The van der Waals surface area contributed by atoms with Crippen LogP contribution in [0.15, 0.2) is 42.5 Å². The van der Waals surface area contributed by atoms with Gasteiger partial charge in [0.05, 0.1) is 5.56 Å². The molecule has 0 saturated carbocycles. The van der Waals surface area contributed by atoms with Gasteiger partial charge in [0, 0.05) is 29.5 Å². The van der Waals surface area contributed by atoms with Crippen molar-refractivity contribution in [2.45, 2.75) is 11.6 Å². The second-order valence-corrected chi connectivity index (χ2v) is 6.65. The minimum atomic E-state index is -4.48. The third-order valence-corrected chi connectivity index (χ3v) is 5.08. The standard InChI is InChI=1S/C17H12F5NOS/c18-12-5-6-13(14(19)9-12)16-23(7-8-25-16)15(24)10-1-3-11(4-2-10)17(20,21)22/h1-6,9,16H,7-8H2/t16-/m1/s1. The SMILES string of the molecule is O=C(c1ccc(C(F)(F)F)cc1)N1CCS[C@@H]1c1ccc(F)cc1F. The molecule has 25 heavy (non-hydrogen) atoms. The normalized spacial score (nSPS) is 17.8. The lowest BCUT2D eigenvalue weighted by Crippen LogP contribution is -2.30. The molecule has 2 aromatic rings. The van der Waals surface area contributed by atoms with Crippen molar-refractivity contribution in [2.24, 2.45) is 0 Å². The van der Waals surface area contributed by atoms with E-state index in [1.54, 1.807) is 0 Å². The van der Waals surface area contributed by atoms with Gasteiger partial charge in [-0.15, -0.1) is 11.8 Å². The zero-order chi connectivity index (χ0) is 18.2. The Morgan fingerprint density at radius 3 is 2.36 bits per heavy atom. The molecule has 0 N–H and O–H groups in total. The van der Waals surface area contributed by atoms with E-state index in [0.717, 1.165) is 36.4 Å². The van der Waals surface area contributed by atoms with Gasteiger partial charge in [0.15, 0.2) is 0 Å². The minimum Gasteiger partial charge on any atom is -0.322 e. The van der Waals surface area contributed by atoms with E-state index < -0.39 is 34.7 Å². The van der Waals surface area contributed by atoms with E-state index in [1.165, 1.54) is 22.7 Å². The van der Waals surface area contributed by atoms with Gasteiger partial charge in [0.1, 0.15) is 17.0 Å². The molecule has 0 spiro atoms. The van der Waals surface area contributed by atoms with Crippen LogP contribution in [0.25, 0.3) is 0 Å². The van der Waals surface area contributed by atoms with Crippen LogP contribution in [0.2, 0.25) is 0 Å². The van der Waals surface area contributed by atoms with Crippen LogP contribution in [0.4, 0.5) is 22.0 Å². The second-order valence-electron chi connectivity index (χ2n) is 5.46. The van der Waals surface area contributed by atoms with Crippen LogP contribution >= 0.6 is 11.8 Å². The van der Waals surface area contributed by atoms with Crippen LogP contribution < -0.4 is 0 Å². The van der Waals surface area contributed by atoms with Gasteiger partial charge in [0.2, 0.25) is 0 Å². The van der Waals surface area contributed by atoms with Gasteiger partial charge < -0.3 is 4.90 Å². The first-order valence-corrected chi connectivity index (χ1v) is 8.37. The summed E-state index contributed by atoms with van der Waals surface area (Å²) in [5, 5.41) is -0.643. The van der Waals surface area contributed by atoms with Crippen molar-refractivity contribution in [3.05, 3.63) is 70.8 Å². The second kappa shape index (κ2) is 6.67. The Labute approximate surface area is 144 Å². The maximum absolute atomic E-state index is 14.0. The van der Waals surface area contributed by atoms with Crippen LogP contribution in [0.3, 0.4) is 0 Å². The molecule has 1 saturated heterocycles. The largest absolute Gasteiger partial charge is 0.416 e. The maximum Gasteiger partial charge on any atom is 0.416 e. The number of alkyl halides is 3. The maximum atomic E-state index is 14.0. The summed E-state index contributed by atoms with van der Waals surface area (Å²) in [5.74, 6) is -1.42. The molecule has 1 atom stereocenters. The smallest absolute Gasteiger partial charge is 0.322 e. The summed E-state index contributed by atoms with van der Waals surface area (Å²) in [6.07, 6.45) is -4.48. The number of nitrogens with zero attached hydrogens (tertiary/aromatic N) is 1. The van der Waals surface area contributed by atoms with Gasteiger partial charge in [-0.2, -0.15) is 13.2 Å². The van der Waals surface area contributed by atoms with Crippen molar-refractivity contribution in [2.75, 3.05) is 12.3 Å². The van der Waals surface area contributed by atoms with Crippen LogP contribution in [0, 0.1) is 11.6 Å². The number of hydrogen-bond donors (Lipinski definition) is 0. The molecule has 1 aliphatic heterocycles. The average Bonchev–Trinajstić information content (AvgIpc) is 3.03. The number of hydrogen-bond acceptors (Lipinski definition) is 2. The van der Waals surface area contributed by atoms with Gasteiger partial charge in [-0.25, -0.2) is 8.78 Å². The summed E-state index contributed by atoms with van der Waals surface area (Å²) in [5.41, 5.74) is -0.590. The fraction of sp³-hybridized carbons (Fsp3) is 0.235. The van der Waals surface area contributed by atoms with Crippen LogP contribution in [0.1, 0.15) is 26.9 Å². The molecule has 1 amide bonds. The van der Waals surface area contributed by atoms with Crippen molar-refractivity contribution in [1.29, 1.82) is 0 Å². The van der Waals surface area contributed by atoms with Gasteiger partial charge in [-0.05, 0) is 30.3 Å². The number of thioether (sulfide) groups is 1. The van der Waals surface area contributed by atoms with E-state index in [4.69, 9.17) is 0 Å². The highest BCUT2D eigenvalue weighted by Crippen LogP contribution is 2.40. The summed E-state index contributed by atoms with van der Waals surface area (Å²) in [6.45, 7) is 0.325. The molecule has 1 fully saturated rings. The number of amides is 1. The average molecular weight is 373 g/mol. The molecule has 2 nitrogen and oxygen atoms in total. The Morgan fingerprint density at radius 2 is 1.76 bits per heavy atom. The number of halogens is 5. The van der Waals surface area contributed by atoms with Gasteiger partial charge in [-0.1, -0.05) is 6.07 Å². The Bertz CT molecular complexity index is 791. The number of carbonyl (C=O) groups is 1. The van der Waals surface area contributed by atoms with E-state index in [2.05, 4.69) is 0 Å². The zero-order valence-electron chi connectivity index (χ0n) is 12.7. The fourth-order valence-electron chi connectivity index (χ4n) is 2.61. The molecule has 0 bridgehead atoms. The highest BCUT2D eigenvalue weighted by Gasteiger charge is 2.34. The first-order chi connectivity index (χ1) is 11.8. The molecule has 0 aliphatic carbocycles. The quantitative estimate of drug-likeness (QED) is 0.700. The first kappa shape index (κ1) is 17.7. The summed E-state index contributed by atoms with van der Waals surface area (Å²) in [4.78, 5) is 14.0. The summed E-state index contributed by atoms with van der Waals surface area (Å²) in [6, 6.07) is 7.01. The van der Waals surface area contributed by atoms with Crippen molar-refractivity contribution >= 4 is 17.7 Å². The molecular weight excluding hydrogens is 361 g/mol. The van der Waals surface area contributed by atoms with Gasteiger partial charge in [-0.3, -0.25) is 4.79 Å². The zero-order valence-corrected chi connectivity index (χ0v) is 13.5. The highest BCUT2D eigenvalue weighted by molar-refractivity contribution is 7.99. The Hall–Kier alpha value is -2.09. The third-order valence-electron chi connectivity index (χ3n) is 3.84. The lowest BCUT2D eigenvalue weighted by molar-refractivity contribution is -0.137. The predicted octanol–water partition coefficient (Wildman–Crippen LogP) is 4.87. The van der Waals surface area contributed by atoms with Crippen molar-refractivity contribution in [3.63, 3.8) is 0 Å². The Morgan fingerprint density at radius 1 is 1.08 bits per heavy atom. The molecular formula is C17H12F5NOS. The van der Waals surface area contributed by atoms with Gasteiger partial charge in [0.25, 0.3) is 5.91 Å². The van der Waals surface area contributed by atoms with Crippen molar-refractivity contribution in [1.82, 2.24) is 4.90 Å². The molecule has 8 heteroatoms. The minimum absolute atomic E-state index is 0.0861. The summed E-state index contributed by atoms with van der Waals surface area (Å²) in [7, 11) is 0. The molecule has 0 radical (unpaired) electrons. The van der Waals surface area contributed by atoms with E-state index >= 15 is 0 Å². The molecule has 0 aromatic heterocycles. The molecule has 2 aromatic carbocycles. The fourth-order valence-corrected chi connectivity index (χ4v) is 3.88. The number of benzene rings is 2. The monoisotopic (exact) mass is 373 g/mol. The van der Waals surface area contributed by atoms with E-state index in [0.29, 0.717) is 12.3 Å². The van der Waals surface area contributed by atoms with Crippen molar-refractivity contribution in [3.8, 4) is 0 Å². The van der Waals surface area contributed by atoms with E-state index in [9.17, 15) is 26.7 Å². The molecule has 0 unspecified atom stereocenters. The van der Waals surface area contributed by atoms with Crippen molar-refractivity contribution < 1.29 is 26.7 Å². The van der Waals surface area contributed by atoms with E-state index in [1.807, 2.05) is 0 Å². The number of rotatable bonds is 2. The lowest BCUT2D eigenvalue weighted by atomic mass is 10.1. The molecule has 1 heterocycles. The summed E-state index contributed by atoms with van der Waals surface area (Å²) < 4.78 is 64.9. The van der Waals surface area contributed by atoms with Crippen LogP contribution in [-0.4, -0.2) is 23.1 Å². The molecule has 1 aliphatic rings. The lowest BCUT2D eigenvalue weighted by Gasteiger charge is -2.24. The molecule has 132 valence electrons. The van der Waals surface area contributed by atoms with Gasteiger partial charge >= 0.3 is 6.18 Å².